The van der Waals surface area contributed by atoms with Crippen molar-refractivity contribution < 1.29 is 39.5 Å². The first-order chi connectivity index (χ1) is 13.7. The van der Waals surface area contributed by atoms with Crippen LogP contribution < -0.4 is 10.2 Å². The summed E-state index contributed by atoms with van der Waals surface area (Å²) in [5, 5.41) is 3.54. The van der Waals surface area contributed by atoms with Gasteiger partial charge in [-0.1, -0.05) is 30.3 Å². The summed E-state index contributed by atoms with van der Waals surface area (Å²) < 4.78 is 107. The average molecular weight is 452 g/mol. The number of ether oxygens (including phenoxy) is 1. The van der Waals surface area contributed by atoms with Crippen LogP contribution in [0.3, 0.4) is 0 Å². The van der Waals surface area contributed by atoms with Crippen molar-refractivity contribution in [3.63, 3.8) is 0 Å². The van der Waals surface area contributed by atoms with Gasteiger partial charge in [0.1, 0.15) is 5.75 Å². The normalized spacial score (nSPS) is 22.0. The van der Waals surface area contributed by atoms with Crippen molar-refractivity contribution in [2.45, 2.75) is 28.9 Å². The summed E-state index contributed by atoms with van der Waals surface area (Å²) in [5.41, 5.74) is -0.526. The van der Waals surface area contributed by atoms with E-state index in [2.05, 4.69) is 9.84 Å². The molecule has 0 radical (unpaired) electrons. The van der Waals surface area contributed by atoms with Crippen molar-refractivity contribution in [1.82, 2.24) is 5.43 Å². The molecule has 1 N–H and O–H groups in total. The van der Waals surface area contributed by atoms with Crippen LogP contribution >= 0.6 is 0 Å². The monoisotopic (exact) mass is 452 g/mol. The Hall–Kier alpha value is -2.76. The van der Waals surface area contributed by atoms with Crippen LogP contribution in [0.25, 0.3) is 0 Å². The first-order valence-electron chi connectivity index (χ1n) is 8.27. The SMILES string of the molecule is CS(=O)(=O)c1ccccc1C1(c2ccc(OC(F)(F)F)cc2)C=NNC1C(F)(F)F. The fourth-order valence-corrected chi connectivity index (χ4v) is 4.37. The quantitative estimate of drug-likeness (QED) is 0.717. The van der Waals surface area contributed by atoms with Gasteiger partial charge in [0.25, 0.3) is 0 Å². The van der Waals surface area contributed by atoms with E-state index in [4.69, 9.17) is 0 Å². The smallest absolute Gasteiger partial charge is 0.406 e. The molecular formula is C18H14F6N2O3S. The lowest BCUT2D eigenvalue weighted by atomic mass is 9.70. The van der Waals surface area contributed by atoms with E-state index in [1.807, 2.05) is 5.43 Å². The molecule has 0 fully saturated rings. The molecule has 12 heteroatoms. The lowest BCUT2D eigenvalue weighted by molar-refractivity contribution is -0.274. The zero-order valence-corrected chi connectivity index (χ0v) is 15.9. The van der Waals surface area contributed by atoms with Gasteiger partial charge in [-0.05, 0) is 29.3 Å². The summed E-state index contributed by atoms with van der Waals surface area (Å²) in [6.07, 6.45) is -8.09. The minimum absolute atomic E-state index is 0.121. The van der Waals surface area contributed by atoms with Crippen LogP contribution in [0.2, 0.25) is 0 Å². The Morgan fingerprint density at radius 2 is 1.60 bits per heavy atom. The van der Waals surface area contributed by atoms with E-state index >= 15 is 0 Å². The summed E-state index contributed by atoms with van der Waals surface area (Å²) >= 11 is 0. The molecular weight excluding hydrogens is 438 g/mol. The Morgan fingerprint density at radius 3 is 2.13 bits per heavy atom. The summed E-state index contributed by atoms with van der Waals surface area (Å²) in [4.78, 5) is -0.356. The first kappa shape index (κ1) is 21.9. The Labute approximate surface area is 167 Å². The van der Waals surface area contributed by atoms with Crippen molar-refractivity contribution >= 4 is 16.1 Å². The molecule has 0 bridgehead atoms. The third kappa shape index (κ3) is 4.09. The Bertz CT molecular complexity index is 1060. The third-order valence-electron chi connectivity index (χ3n) is 4.55. The van der Waals surface area contributed by atoms with Gasteiger partial charge in [0, 0.05) is 12.5 Å². The summed E-state index contributed by atoms with van der Waals surface area (Å²) in [6, 6.07) is 6.47. The van der Waals surface area contributed by atoms with Gasteiger partial charge in [-0.15, -0.1) is 13.2 Å². The molecule has 0 amide bonds. The second kappa shape index (κ2) is 7.18. The van der Waals surface area contributed by atoms with Crippen molar-refractivity contribution in [2.24, 2.45) is 5.10 Å². The van der Waals surface area contributed by atoms with E-state index in [9.17, 15) is 34.8 Å². The lowest BCUT2D eigenvalue weighted by Crippen LogP contribution is -2.53. The molecule has 0 aromatic heterocycles. The number of nitrogens with zero attached hydrogens (tertiary/aromatic N) is 1. The summed E-state index contributed by atoms with van der Waals surface area (Å²) in [5.74, 6) is -0.635. The number of nitrogens with one attached hydrogen (secondary N) is 1. The topological polar surface area (TPSA) is 67.8 Å². The molecule has 0 saturated carbocycles. The highest BCUT2D eigenvalue weighted by Crippen LogP contribution is 2.45. The van der Waals surface area contributed by atoms with E-state index in [0.29, 0.717) is 0 Å². The molecule has 2 atom stereocenters. The maximum atomic E-state index is 13.9. The Kier molecular flexibility index (Phi) is 5.25. The molecule has 2 unspecified atom stereocenters. The lowest BCUT2D eigenvalue weighted by Gasteiger charge is -2.36. The molecule has 2 aromatic rings. The Balaban J connectivity index is 2.26. The van der Waals surface area contributed by atoms with Gasteiger partial charge in [-0.3, -0.25) is 5.43 Å². The highest BCUT2D eigenvalue weighted by Gasteiger charge is 2.58. The van der Waals surface area contributed by atoms with Gasteiger partial charge in [-0.25, -0.2) is 8.42 Å². The number of alkyl halides is 6. The van der Waals surface area contributed by atoms with Crippen LogP contribution in [-0.2, 0) is 15.3 Å². The molecule has 1 aliphatic rings. The second-order valence-electron chi connectivity index (χ2n) is 6.57. The second-order valence-corrected chi connectivity index (χ2v) is 8.56. The van der Waals surface area contributed by atoms with Crippen LogP contribution in [0.15, 0.2) is 58.5 Å². The fraction of sp³-hybridized carbons (Fsp3) is 0.278. The van der Waals surface area contributed by atoms with Crippen molar-refractivity contribution in [3.05, 3.63) is 59.7 Å². The molecule has 0 aliphatic carbocycles. The van der Waals surface area contributed by atoms with Crippen LogP contribution in [-0.4, -0.2) is 39.5 Å². The first-order valence-corrected chi connectivity index (χ1v) is 10.2. The van der Waals surface area contributed by atoms with Crippen LogP contribution in [0.1, 0.15) is 11.1 Å². The minimum Gasteiger partial charge on any atom is -0.406 e. The number of hydrogen-bond acceptors (Lipinski definition) is 5. The van der Waals surface area contributed by atoms with Gasteiger partial charge in [0.05, 0.1) is 10.3 Å². The largest absolute Gasteiger partial charge is 0.573 e. The molecule has 30 heavy (non-hydrogen) atoms. The highest BCUT2D eigenvalue weighted by molar-refractivity contribution is 7.90. The van der Waals surface area contributed by atoms with Gasteiger partial charge in [0.2, 0.25) is 0 Å². The summed E-state index contributed by atoms with van der Waals surface area (Å²) in [6.45, 7) is 0. The van der Waals surface area contributed by atoms with Gasteiger partial charge in [-0.2, -0.15) is 18.3 Å². The maximum absolute atomic E-state index is 13.9. The number of benzene rings is 2. The molecule has 0 spiro atoms. The van der Waals surface area contributed by atoms with E-state index < -0.39 is 39.6 Å². The van der Waals surface area contributed by atoms with Gasteiger partial charge in [0.15, 0.2) is 15.9 Å². The summed E-state index contributed by atoms with van der Waals surface area (Å²) in [7, 11) is -3.95. The number of hydrazone groups is 1. The zero-order chi connectivity index (χ0) is 22.4. The van der Waals surface area contributed by atoms with Crippen LogP contribution in [0.5, 0.6) is 5.75 Å². The van der Waals surface area contributed by atoms with Crippen LogP contribution in [0.4, 0.5) is 26.3 Å². The maximum Gasteiger partial charge on any atom is 0.573 e. The molecule has 162 valence electrons. The predicted molar refractivity (Wildman–Crippen MR) is 94.9 cm³/mol. The minimum atomic E-state index is -4.98. The third-order valence-corrected chi connectivity index (χ3v) is 5.71. The van der Waals surface area contributed by atoms with Crippen molar-refractivity contribution in [1.29, 1.82) is 0 Å². The highest BCUT2D eigenvalue weighted by atomic mass is 32.2. The number of halogens is 6. The predicted octanol–water partition coefficient (Wildman–Crippen LogP) is 3.79. The number of hydrogen-bond donors (Lipinski definition) is 1. The number of rotatable bonds is 4. The Morgan fingerprint density at radius 1 is 1.00 bits per heavy atom. The standard InChI is InChI=1S/C18H14F6N2O3S/c1-30(27,28)14-5-3-2-4-13(14)16(10-25-26-15(16)17(19,20)21)11-6-8-12(9-7-11)29-18(22,23)24/h2-10,15,26H,1H3. The van der Waals surface area contributed by atoms with Crippen molar-refractivity contribution in [2.75, 3.05) is 6.26 Å². The molecule has 1 aliphatic heterocycles. The van der Waals surface area contributed by atoms with Crippen LogP contribution in [0, 0.1) is 0 Å². The molecule has 1 heterocycles. The van der Waals surface area contributed by atoms with Gasteiger partial charge >= 0.3 is 12.5 Å². The van der Waals surface area contributed by atoms with E-state index in [-0.39, 0.29) is 16.0 Å². The molecule has 0 saturated heterocycles. The number of sulfone groups is 1. The average Bonchev–Trinajstić information content (AvgIpc) is 3.06. The van der Waals surface area contributed by atoms with E-state index in [1.54, 1.807) is 0 Å². The van der Waals surface area contributed by atoms with E-state index in [1.165, 1.54) is 18.2 Å². The van der Waals surface area contributed by atoms with Gasteiger partial charge < -0.3 is 4.74 Å². The zero-order valence-electron chi connectivity index (χ0n) is 15.1. The molecule has 5 nitrogen and oxygen atoms in total. The molecule has 3 rings (SSSR count). The van der Waals surface area contributed by atoms with Crippen molar-refractivity contribution in [3.8, 4) is 5.75 Å². The van der Waals surface area contributed by atoms with E-state index in [0.717, 1.165) is 42.8 Å². The molecule has 2 aromatic carbocycles. The fourth-order valence-electron chi connectivity index (χ4n) is 3.41.